The highest BCUT2D eigenvalue weighted by molar-refractivity contribution is 5.80. The molecule has 0 aliphatic carbocycles. The monoisotopic (exact) mass is 179 g/mol. The van der Waals surface area contributed by atoms with Crippen LogP contribution in [0.15, 0.2) is 18.2 Å². The van der Waals surface area contributed by atoms with Crippen LogP contribution in [0.1, 0.15) is 0 Å². The van der Waals surface area contributed by atoms with Crippen molar-refractivity contribution in [3.8, 4) is 11.5 Å². The van der Waals surface area contributed by atoms with Crippen molar-refractivity contribution >= 4 is 12.1 Å². The summed E-state index contributed by atoms with van der Waals surface area (Å²) in [6, 6.07) is 4.33. The highest BCUT2D eigenvalue weighted by Gasteiger charge is 2.11. The van der Waals surface area contributed by atoms with E-state index in [4.69, 9.17) is 5.11 Å². The van der Waals surface area contributed by atoms with Crippen molar-refractivity contribution < 1.29 is 15.0 Å². The van der Waals surface area contributed by atoms with E-state index < -0.39 is 0 Å². The number of carbonyl (C=O) groups excluding carboxylic acids is 1. The van der Waals surface area contributed by atoms with Crippen LogP contribution >= 0.6 is 0 Å². The molecule has 68 valence electrons. The summed E-state index contributed by atoms with van der Waals surface area (Å²) in [6.07, 6.45) is 1.59. The van der Waals surface area contributed by atoms with Gasteiger partial charge < -0.3 is 15.1 Å². The molecule has 1 amide bonds. The van der Waals surface area contributed by atoms with Crippen LogP contribution in [-0.2, 0) is 4.79 Å². The third-order valence-electron chi connectivity index (χ3n) is 1.62. The van der Waals surface area contributed by atoms with Crippen LogP contribution in [0.5, 0.6) is 11.5 Å². The number of rotatable bonds is 3. The van der Waals surface area contributed by atoms with E-state index in [9.17, 15) is 9.90 Å². The first-order valence-corrected chi connectivity index (χ1v) is 3.66. The van der Waals surface area contributed by atoms with Gasteiger partial charge >= 0.3 is 6.41 Å². The fourth-order valence-corrected chi connectivity index (χ4v) is 0.953. The van der Waals surface area contributed by atoms with Crippen LogP contribution in [0.3, 0.4) is 0 Å². The van der Waals surface area contributed by atoms with Crippen LogP contribution in [-0.4, -0.2) is 23.2 Å². The summed E-state index contributed by atoms with van der Waals surface area (Å²) < 4.78 is 0. The third-order valence-corrected chi connectivity index (χ3v) is 1.62. The van der Waals surface area contributed by atoms with Gasteiger partial charge in [0, 0.05) is 6.54 Å². The Balaban J connectivity index is 3.13. The zero-order valence-electron chi connectivity index (χ0n) is 6.90. The minimum absolute atomic E-state index is 0.139. The topological polar surface area (TPSA) is 60.8 Å². The van der Waals surface area contributed by atoms with E-state index in [2.05, 4.69) is 6.92 Å². The zero-order valence-corrected chi connectivity index (χ0v) is 6.90. The van der Waals surface area contributed by atoms with Crippen LogP contribution in [0.2, 0.25) is 0 Å². The molecule has 1 aromatic rings. The molecule has 0 atom stereocenters. The van der Waals surface area contributed by atoms with E-state index >= 15 is 0 Å². The number of phenols is 2. The summed E-state index contributed by atoms with van der Waals surface area (Å²) in [5.41, 5.74) is 0.199. The molecule has 0 aliphatic heterocycles. The minimum Gasteiger partial charge on any atom is -0.504 e. The molecule has 0 aromatic heterocycles. The van der Waals surface area contributed by atoms with Crippen LogP contribution in [0.25, 0.3) is 0 Å². The summed E-state index contributed by atoms with van der Waals surface area (Å²) >= 11 is 0. The van der Waals surface area contributed by atoms with Crippen molar-refractivity contribution in [2.75, 3.05) is 11.4 Å². The summed E-state index contributed by atoms with van der Waals surface area (Å²) in [7, 11) is 0. The molecule has 0 bridgehead atoms. The molecule has 0 spiro atoms. The number of benzene rings is 1. The van der Waals surface area contributed by atoms with Crippen molar-refractivity contribution in [2.45, 2.75) is 0 Å². The number of para-hydroxylation sites is 1. The summed E-state index contributed by atoms with van der Waals surface area (Å²) in [4.78, 5) is 11.4. The Hall–Kier alpha value is -1.71. The maximum atomic E-state index is 10.4. The Morgan fingerprint density at radius 3 is 2.69 bits per heavy atom. The first-order valence-electron chi connectivity index (χ1n) is 3.66. The van der Waals surface area contributed by atoms with Gasteiger partial charge in [-0.05, 0) is 19.1 Å². The molecule has 13 heavy (non-hydrogen) atoms. The Morgan fingerprint density at radius 1 is 1.46 bits per heavy atom. The molecule has 1 rings (SSSR count). The van der Waals surface area contributed by atoms with Crippen LogP contribution in [0.4, 0.5) is 5.69 Å². The Kier molecular flexibility index (Phi) is 2.74. The molecule has 0 saturated carbocycles. The average Bonchev–Trinajstić information content (AvgIpc) is 2.14. The molecule has 0 fully saturated rings. The second-order valence-electron chi connectivity index (χ2n) is 2.39. The fourth-order valence-electron chi connectivity index (χ4n) is 0.953. The van der Waals surface area contributed by atoms with Gasteiger partial charge in [0.2, 0.25) is 0 Å². The summed E-state index contributed by atoms with van der Waals surface area (Å²) in [5.74, 6) is -0.610. The minimum atomic E-state index is -0.338. The molecule has 2 radical (unpaired) electrons. The Morgan fingerprint density at radius 2 is 2.15 bits per heavy atom. The Bertz CT molecular complexity index is 312. The van der Waals surface area contributed by atoms with Gasteiger partial charge in [0.15, 0.2) is 11.5 Å². The van der Waals surface area contributed by atoms with Crippen molar-refractivity contribution in [3.63, 3.8) is 0 Å². The molecule has 4 nitrogen and oxygen atoms in total. The lowest BCUT2D eigenvalue weighted by Crippen LogP contribution is -2.20. The number of anilines is 1. The zero-order chi connectivity index (χ0) is 9.84. The standard InChI is InChI=1S/C9H9NO3/c1-2-10(6-11)7-4-3-5-8(12)9(7)13/h3-5,12-13H,1-2H2. The predicted octanol–water partition coefficient (Wildman–Crippen LogP) is 0.805. The largest absolute Gasteiger partial charge is 0.504 e. The number of aromatic hydroxyl groups is 2. The maximum Gasteiger partial charge on any atom is 0.316 e. The normalized spacial score (nSPS) is 9.62. The quantitative estimate of drug-likeness (QED) is 0.533. The molecule has 2 N–H and O–H groups in total. The number of phenolic OH excluding ortho intramolecular Hbond substituents is 2. The van der Waals surface area contributed by atoms with E-state index in [-0.39, 0.29) is 23.7 Å². The lowest BCUT2D eigenvalue weighted by Gasteiger charge is -2.15. The van der Waals surface area contributed by atoms with Crippen molar-refractivity contribution in [3.05, 3.63) is 25.1 Å². The molecule has 0 aliphatic rings. The fraction of sp³-hybridized carbons (Fsp3) is 0.111. The number of amides is 1. The first-order chi connectivity index (χ1) is 6.20. The van der Waals surface area contributed by atoms with Gasteiger partial charge in [-0.1, -0.05) is 6.07 Å². The second kappa shape index (κ2) is 3.80. The van der Waals surface area contributed by atoms with Crippen molar-refractivity contribution in [1.82, 2.24) is 0 Å². The molecule has 1 aromatic carbocycles. The van der Waals surface area contributed by atoms with Gasteiger partial charge in [-0.25, -0.2) is 0 Å². The Labute approximate surface area is 76.0 Å². The van der Waals surface area contributed by atoms with Gasteiger partial charge in [0.05, 0.1) is 5.69 Å². The van der Waals surface area contributed by atoms with Crippen LogP contribution in [0, 0.1) is 6.92 Å². The SMILES string of the molecule is [CH2]CN([C]=O)c1cccc(O)c1O. The molecule has 0 saturated heterocycles. The molecule has 0 unspecified atom stereocenters. The van der Waals surface area contributed by atoms with Gasteiger partial charge in [-0.2, -0.15) is 0 Å². The molecular formula is C9H9NO3. The molecular weight excluding hydrogens is 170 g/mol. The molecule has 4 heteroatoms. The third kappa shape index (κ3) is 1.72. The maximum absolute atomic E-state index is 10.4. The van der Waals surface area contributed by atoms with E-state index in [1.165, 1.54) is 18.2 Å². The summed E-state index contributed by atoms with van der Waals surface area (Å²) in [5, 5.41) is 18.4. The highest BCUT2D eigenvalue weighted by Crippen LogP contribution is 2.34. The predicted molar refractivity (Wildman–Crippen MR) is 48.2 cm³/mol. The molecule has 0 heterocycles. The van der Waals surface area contributed by atoms with E-state index in [0.29, 0.717) is 0 Å². The lowest BCUT2D eigenvalue weighted by molar-refractivity contribution is 0.404. The number of hydrogen-bond acceptors (Lipinski definition) is 3. The van der Waals surface area contributed by atoms with Gasteiger partial charge in [-0.15, -0.1) is 0 Å². The first kappa shape index (κ1) is 9.38. The smallest absolute Gasteiger partial charge is 0.316 e. The van der Waals surface area contributed by atoms with Crippen molar-refractivity contribution in [2.24, 2.45) is 0 Å². The van der Waals surface area contributed by atoms with E-state index in [1.54, 1.807) is 6.41 Å². The highest BCUT2D eigenvalue weighted by atomic mass is 16.3. The van der Waals surface area contributed by atoms with E-state index in [1.807, 2.05) is 0 Å². The summed E-state index contributed by atoms with van der Waals surface area (Å²) in [6.45, 7) is 3.61. The average molecular weight is 179 g/mol. The van der Waals surface area contributed by atoms with E-state index in [0.717, 1.165) is 4.90 Å². The lowest BCUT2D eigenvalue weighted by atomic mass is 10.2. The van der Waals surface area contributed by atoms with Gasteiger partial charge in [-0.3, -0.25) is 4.79 Å². The van der Waals surface area contributed by atoms with Crippen LogP contribution < -0.4 is 4.90 Å². The number of nitrogens with zero attached hydrogens (tertiary/aromatic N) is 1. The second-order valence-corrected chi connectivity index (χ2v) is 2.39. The number of hydrogen-bond donors (Lipinski definition) is 2. The van der Waals surface area contributed by atoms with Crippen molar-refractivity contribution in [1.29, 1.82) is 0 Å². The van der Waals surface area contributed by atoms with Gasteiger partial charge in [0.25, 0.3) is 0 Å². The van der Waals surface area contributed by atoms with Gasteiger partial charge in [0.1, 0.15) is 0 Å².